The fourth-order valence-corrected chi connectivity index (χ4v) is 1.32. The summed E-state index contributed by atoms with van der Waals surface area (Å²) < 4.78 is 4.97. The molecule has 0 fully saturated rings. The first-order valence-electron chi connectivity index (χ1n) is 5.38. The highest BCUT2D eigenvalue weighted by atomic mass is 35.5. The van der Waals surface area contributed by atoms with Crippen molar-refractivity contribution in [3.8, 4) is 0 Å². The van der Waals surface area contributed by atoms with Crippen LogP contribution in [0.15, 0.2) is 0 Å². The van der Waals surface area contributed by atoms with Gasteiger partial charge >= 0.3 is 5.97 Å². The molecule has 0 amide bonds. The predicted molar refractivity (Wildman–Crippen MR) is 59.6 cm³/mol. The van der Waals surface area contributed by atoms with Crippen LogP contribution in [0.25, 0.3) is 0 Å². The van der Waals surface area contributed by atoms with Gasteiger partial charge in [-0.05, 0) is 12.3 Å². The molecule has 0 bridgehead atoms. The van der Waals surface area contributed by atoms with Gasteiger partial charge in [-0.1, -0.05) is 33.1 Å². The van der Waals surface area contributed by atoms with E-state index in [-0.39, 0.29) is 5.97 Å². The quantitative estimate of drug-likeness (QED) is 0.356. The number of esters is 1. The second-order valence-electron chi connectivity index (χ2n) is 3.90. The Kier molecular flexibility index (Phi) is 9.16. The zero-order valence-corrected chi connectivity index (χ0v) is 9.98. The minimum atomic E-state index is -0.177. The zero-order chi connectivity index (χ0) is 10.8. The van der Waals surface area contributed by atoms with Crippen LogP contribution in [0.4, 0.5) is 0 Å². The molecule has 0 saturated carbocycles. The number of carbonyl (C=O) groups excluding carboxylic acids is 1. The predicted octanol–water partition coefficient (Wildman–Crippen LogP) is 3.37. The van der Waals surface area contributed by atoms with E-state index in [1.165, 1.54) is 12.8 Å². The third kappa shape index (κ3) is 9.85. The molecule has 0 spiro atoms. The number of hydrogen-bond donors (Lipinski definition) is 0. The third-order valence-electron chi connectivity index (χ3n) is 1.99. The van der Waals surface area contributed by atoms with E-state index < -0.39 is 0 Å². The van der Waals surface area contributed by atoms with Crippen molar-refractivity contribution in [3.63, 3.8) is 0 Å². The van der Waals surface area contributed by atoms with Gasteiger partial charge in [0.15, 0.2) is 0 Å². The summed E-state index contributed by atoms with van der Waals surface area (Å²) in [7, 11) is 0. The van der Waals surface area contributed by atoms with E-state index in [4.69, 9.17) is 16.3 Å². The third-order valence-corrected chi connectivity index (χ3v) is 2.18. The average Bonchev–Trinajstić information content (AvgIpc) is 2.11. The molecule has 0 aromatic heterocycles. The van der Waals surface area contributed by atoms with Gasteiger partial charge < -0.3 is 4.74 Å². The lowest BCUT2D eigenvalue weighted by atomic mass is 10.1. The maximum atomic E-state index is 10.9. The minimum Gasteiger partial charge on any atom is -0.466 e. The number of rotatable bonds is 8. The van der Waals surface area contributed by atoms with E-state index in [0.717, 1.165) is 18.8 Å². The Morgan fingerprint density at radius 3 is 2.57 bits per heavy atom. The molecule has 0 heterocycles. The molecule has 0 atom stereocenters. The Labute approximate surface area is 92.0 Å². The molecule has 0 aliphatic carbocycles. The molecule has 0 aliphatic rings. The normalized spacial score (nSPS) is 10.6. The van der Waals surface area contributed by atoms with E-state index in [2.05, 4.69) is 13.8 Å². The fourth-order valence-electron chi connectivity index (χ4n) is 1.17. The van der Waals surface area contributed by atoms with Gasteiger partial charge in [0.2, 0.25) is 0 Å². The molecule has 0 aliphatic heterocycles. The lowest BCUT2D eigenvalue weighted by molar-refractivity contribution is -0.143. The molecule has 0 aromatic rings. The van der Waals surface area contributed by atoms with Crippen LogP contribution < -0.4 is 0 Å². The van der Waals surface area contributed by atoms with Crippen molar-refractivity contribution in [1.82, 2.24) is 0 Å². The van der Waals surface area contributed by atoms with Gasteiger partial charge in [-0.2, -0.15) is 0 Å². The Balaban J connectivity index is 3.09. The fraction of sp³-hybridized carbons (Fsp3) is 0.909. The van der Waals surface area contributed by atoms with E-state index in [9.17, 15) is 4.79 Å². The zero-order valence-electron chi connectivity index (χ0n) is 9.22. The molecule has 0 N–H and O–H groups in total. The van der Waals surface area contributed by atoms with Gasteiger partial charge in [0.25, 0.3) is 0 Å². The standard InChI is InChI=1S/C11H21ClO2/c1-10(2)6-4-3-5-9-14-11(13)7-8-12/h10H,3-9H2,1-2H3. The monoisotopic (exact) mass is 220 g/mol. The summed E-state index contributed by atoms with van der Waals surface area (Å²) in [6, 6.07) is 0. The van der Waals surface area contributed by atoms with Crippen LogP contribution in [0.5, 0.6) is 0 Å². The first-order valence-corrected chi connectivity index (χ1v) is 5.92. The summed E-state index contributed by atoms with van der Waals surface area (Å²) in [5.41, 5.74) is 0. The summed E-state index contributed by atoms with van der Waals surface area (Å²) in [5, 5.41) is 0. The van der Waals surface area contributed by atoms with Crippen molar-refractivity contribution in [1.29, 1.82) is 0 Å². The van der Waals surface area contributed by atoms with E-state index in [0.29, 0.717) is 18.9 Å². The molecule has 0 saturated heterocycles. The van der Waals surface area contributed by atoms with Crippen LogP contribution in [0.1, 0.15) is 46.0 Å². The van der Waals surface area contributed by atoms with Crippen molar-refractivity contribution in [2.24, 2.45) is 5.92 Å². The van der Waals surface area contributed by atoms with Gasteiger partial charge in [-0.3, -0.25) is 4.79 Å². The Bertz CT molecular complexity index is 146. The molecule has 0 aromatic carbocycles. The number of hydrogen-bond acceptors (Lipinski definition) is 2. The molecule has 0 unspecified atom stereocenters. The van der Waals surface area contributed by atoms with Crippen LogP contribution in [0.2, 0.25) is 0 Å². The Hall–Kier alpha value is -0.240. The van der Waals surface area contributed by atoms with Crippen molar-refractivity contribution < 1.29 is 9.53 Å². The number of alkyl halides is 1. The largest absolute Gasteiger partial charge is 0.466 e. The smallest absolute Gasteiger partial charge is 0.306 e. The Morgan fingerprint density at radius 2 is 2.00 bits per heavy atom. The lowest BCUT2D eigenvalue weighted by Crippen LogP contribution is -2.06. The van der Waals surface area contributed by atoms with Crippen LogP contribution in [0.3, 0.4) is 0 Å². The van der Waals surface area contributed by atoms with Crippen molar-refractivity contribution in [2.45, 2.75) is 46.0 Å². The molecule has 2 nitrogen and oxygen atoms in total. The first kappa shape index (κ1) is 13.8. The second kappa shape index (κ2) is 9.32. The van der Waals surface area contributed by atoms with E-state index in [1.807, 2.05) is 0 Å². The van der Waals surface area contributed by atoms with E-state index in [1.54, 1.807) is 0 Å². The first-order chi connectivity index (χ1) is 6.66. The van der Waals surface area contributed by atoms with Gasteiger partial charge in [0.05, 0.1) is 13.0 Å². The SMILES string of the molecule is CC(C)CCCCCOC(=O)CCCl. The lowest BCUT2D eigenvalue weighted by Gasteiger charge is -2.05. The summed E-state index contributed by atoms with van der Waals surface area (Å²) in [6.07, 6.45) is 4.93. The number of ether oxygens (including phenoxy) is 1. The van der Waals surface area contributed by atoms with Gasteiger partial charge in [0.1, 0.15) is 0 Å². The summed E-state index contributed by atoms with van der Waals surface area (Å²) in [6.45, 7) is 4.99. The average molecular weight is 221 g/mol. The highest BCUT2D eigenvalue weighted by molar-refractivity contribution is 6.18. The highest BCUT2D eigenvalue weighted by Gasteiger charge is 2.00. The maximum absolute atomic E-state index is 10.9. The van der Waals surface area contributed by atoms with Gasteiger partial charge in [0, 0.05) is 5.88 Å². The van der Waals surface area contributed by atoms with Crippen molar-refractivity contribution >= 4 is 17.6 Å². The maximum Gasteiger partial charge on any atom is 0.306 e. The molecule has 3 heteroatoms. The number of unbranched alkanes of at least 4 members (excludes halogenated alkanes) is 2. The summed E-state index contributed by atoms with van der Waals surface area (Å²) in [5.74, 6) is 0.948. The number of carbonyl (C=O) groups is 1. The molecular formula is C11H21ClO2. The van der Waals surface area contributed by atoms with Crippen molar-refractivity contribution in [3.05, 3.63) is 0 Å². The van der Waals surface area contributed by atoms with Gasteiger partial charge in [-0.25, -0.2) is 0 Å². The molecule has 14 heavy (non-hydrogen) atoms. The van der Waals surface area contributed by atoms with Crippen LogP contribution >= 0.6 is 11.6 Å². The summed E-state index contributed by atoms with van der Waals surface area (Å²) >= 11 is 5.39. The van der Waals surface area contributed by atoms with Crippen LogP contribution in [0, 0.1) is 5.92 Å². The van der Waals surface area contributed by atoms with Crippen molar-refractivity contribution in [2.75, 3.05) is 12.5 Å². The van der Waals surface area contributed by atoms with Gasteiger partial charge in [-0.15, -0.1) is 11.6 Å². The minimum absolute atomic E-state index is 0.177. The molecule has 0 radical (unpaired) electrons. The van der Waals surface area contributed by atoms with E-state index >= 15 is 0 Å². The highest BCUT2D eigenvalue weighted by Crippen LogP contribution is 2.08. The van der Waals surface area contributed by atoms with Crippen LogP contribution in [-0.4, -0.2) is 18.5 Å². The topological polar surface area (TPSA) is 26.3 Å². The molecule has 0 rings (SSSR count). The summed E-state index contributed by atoms with van der Waals surface area (Å²) in [4.78, 5) is 10.9. The Morgan fingerprint density at radius 1 is 1.29 bits per heavy atom. The van der Waals surface area contributed by atoms with Crippen LogP contribution in [-0.2, 0) is 9.53 Å². The molecular weight excluding hydrogens is 200 g/mol. The second-order valence-corrected chi connectivity index (χ2v) is 4.28. The molecule has 84 valence electrons. The number of halogens is 1.